The van der Waals surface area contributed by atoms with E-state index >= 15 is 0 Å². The number of carbonyl (C=O) groups is 1. The molecule has 2 aromatic rings. The summed E-state index contributed by atoms with van der Waals surface area (Å²) in [5.41, 5.74) is 1.18. The Bertz CT molecular complexity index is 617. The number of thioether (sulfide) groups is 1. The number of anilines is 1. The molecule has 1 amide bonds. The molecule has 0 saturated carbocycles. The highest BCUT2D eigenvalue weighted by Crippen LogP contribution is 2.20. The number of aromatic nitrogens is 3. The molecule has 0 atom stereocenters. The summed E-state index contributed by atoms with van der Waals surface area (Å²) in [6, 6.07) is 3.38. The van der Waals surface area contributed by atoms with E-state index in [0.717, 1.165) is 0 Å². The quantitative estimate of drug-likeness (QED) is 0.649. The lowest BCUT2D eigenvalue weighted by atomic mass is 10.4. The zero-order valence-electron chi connectivity index (χ0n) is 10.7. The van der Waals surface area contributed by atoms with E-state index in [-0.39, 0.29) is 23.4 Å². The first kappa shape index (κ1) is 14.8. The molecule has 0 fully saturated rings. The average molecular weight is 313 g/mol. The van der Waals surface area contributed by atoms with Crippen LogP contribution < -0.4 is 5.32 Å². The van der Waals surface area contributed by atoms with Crippen LogP contribution in [-0.2, 0) is 18.4 Å². The normalized spacial score (nSPS) is 10.6. The summed E-state index contributed by atoms with van der Waals surface area (Å²) in [5, 5.41) is 12.7. The van der Waals surface area contributed by atoms with Gasteiger partial charge in [-0.2, -0.15) is 0 Å². The summed E-state index contributed by atoms with van der Waals surface area (Å²) < 4.78 is 1.75. The van der Waals surface area contributed by atoms with Gasteiger partial charge < -0.3 is 15.0 Å². The van der Waals surface area contributed by atoms with Gasteiger partial charge in [-0.3, -0.25) is 4.79 Å². The lowest BCUT2D eigenvalue weighted by molar-refractivity contribution is -0.113. The van der Waals surface area contributed by atoms with Crippen LogP contribution in [0.2, 0.25) is 5.15 Å². The second-order valence-electron chi connectivity index (χ2n) is 3.93. The predicted molar refractivity (Wildman–Crippen MR) is 77.7 cm³/mol. The standard InChI is InChI=1S/C12H13ClN4O2S/c1-17-8(6-18)5-15-12(17)20-7-10(19)16-9-3-2-4-14-11(9)13/h2-5,18H,6-7H2,1H3,(H,16,19). The molecule has 0 aliphatic rings. The lowest BCUT2D eigenvalue weighted by Gasteiger charge is -2.06. The molecule has 2 rings (SSSR count). The highest BCUT2D eigenvalue weighted by Gasteiger charge is 2.10. The molecule has 8 heteroatoms. The maximum absolute atomic E-state index is 11.8. The van der Waals surface area contributed by atoms with E-state index in [4.69, 9.17) is 16.7 Å². The van der Waals surface area contributed by atoms with E-state index in [9.17, 15) is 4.79 Å². The maximum atomic E-state index is 11.8. The van der Waals surface area contributed by atoms with Gasteiger partial charge in [0.25, 0.3) is 0 Å². The van der Waals surface area contributed by atoms with Gasteiger partial charge in [0.1, 0.15) is 0 Å². The van der Waals surface area contributed by atoms with Gasteiger partial charge in [0, 0.05) is 13.2 Å². The molecule has 0 aliphatic carbocycles. The Hall–Kier alpha value is -1.57. The van der Waals surface area contributed by atoms with Crippen LogP contribution in [0.5, 0.6) is 0 Å². The fourth-order valence-corrected chi connectivity index (χ4v) is 2.44. The summed E-state index contributed by atoms with van der Waals surface area (Å²) in [4.78, 5) is 19.8. The molecule has 0 bridgehead atoms. The topological polar surface area (TPSA) is 80.0 Å². The third-order valence-corrected chi connectivity index (χ3v) is 3.91. The Kier molecular flexibility index (Phi) is 4.99. The molecular weight excluding hydrogens is 300 g/mol. The number of nitrogens with zero attached hydrogens (tertiary/aromatic N) is 3. The van der Waals surface area contributed by atoms with E-state index in [1.807, 2.05) is 0 Å². The van der Waals surface area contributed by atoms with Gasteiger partial charge >= 0.3 is 0 Å². The lowest BCUT2D eigenvalue weighted by Crippen LogP contribution is -2.15. The van der Waals surface area contributed by atoms with Gasteiger partial charge in [-0.1, -0.05) is 23.4 Å². The first-order valence-electron chi connectivity index (χ1n) is 5.76. The number of nitrogens with one attached hydrogen (secondary N) is 1. The SMILES string of the molecule is Cn1c(CO)cnc1SCC(=O)Nc1cccnc1Cl. The molecule has 0 radical (unpaired) electrons. The van der Waals surface area contributed by atoms with Crippen molar-refractivity contribution in [2.45, 2.75) is 11.8 Å². The molecule has 0 aliphatic heterocycles. The number of aliphatic hydroxyl groups is 1. The molecule has 20 heavy (non-hydrogen) atoms. The van der Waals surface area contributed by atoms with Crippen molar-refractivity contribution in [2.75, 3.05) is 11.1 Å². The van der Waals surface area contributed by atoms with Crippen LogP contribution in [0.25, 0.3) is 0 Å². The minimum Gasteiger partial charge on any atom is -0.390 e. The van der Waals surface area contributed by atoms with Crippen molar-refractivity contribution in [3.05, 3.63) is 35.4 Å². The minimum absolute atomic E-state index is 0.0818. The summed E-state index contributed by atoms with van der Waals surface area (Å²) in [6.07, 6.45) is 3.13. The fraction of sp³-hybridized carbons (Fsp3) is 0.250. The smallest absolute Gasteiger partial charge is 0.234 e. The summed E-state index contributed by atoms with van der Waals surface area (Å²) in [5.74, 6) is -0.000499. The van der Waals surface area contributed by atoms with Gasteiger partial charge in [0.2, 0.25) is 5.91 Å². The highest BCUT2D eigenvalue weighted by molar-refractivity contribution is 7.99. The van der Waals surface area contributed by atoms with E-state index in [1.54, 1.807) is 36.1 Å². The minimum atomic E-state index is -0.196. The molecule has 0 aromatic carbocycles. The van der Waals surface area contributed by atoms with Gasteiger partial charge in [-0.25, -0.2) is 9.97 Å². The van der Waals surface area contributed by atoms with Crippen molar-refractivity contribution in [1.82, 2.24) is 14.5 Å². The van der Waals surface area contributed by atoms with E-state index < -0.39 is 0 Å². The van der Waals surface area contributed by atoms with Crippen molar-refractivity contribution < 1.29 is 9.90 Å². The molecule has 2 aromatic heterocycles. The van der Waals surface area contributed by atoms with Gasteiger partial charge in [0.15, 0.2) is 10.3 Å². The predicted octanol–water partition coefficient (Wildman–Crippen LogP) is 1.69. The zero-order chi connectivity index (χ0) is 14.5. The van der Waals surface area contributed by atoms with Crippen LogP contribution in [0.1, 0.15) is 5.69 Å². The number of halogens is 1. The highest BCUT2D eigenvalue weighted by atomic mass is 35.5. The Balaban J connectivity index is 1.92. The second-order valence-corrected chi connectivity index (χ2v) is 5.23. The number of pyridine rings is 1. The van der Waals surface area contributed by atoms with Crippen LogP contribution in [0.3, 0.4) is 0 Å². The number of aliphatic hydroxyl groups excluding tert-OH is 1. The zero-order valence-corrected chi connectivity index (χ0v) is 12.3. The van der Waals surface area contributed by atoms with Gasteiger partial charge in [-0.05, 0) is 12.1 Å². The van der Waals surface area contributed by atoms with Crippen molar-refractivity contribution in [2.24, 2.45) is 7.05 Å². The largest absolute Gasteiger partial charge is 0.390 e. The van der Waals surface area contributed by atoms with Crippen molar-refractivity contribution in [1.29, 1.82) is 0 Å². The van der Waals surface area contributed by atoms with Crippen molar-refractivity contribution in [3.8, 4) is 0 Å². The number of hydrogen-bond acceptors (Lipinski definition) is 5. The Labute approximate surface area is 125 Å². The third kappa shape index (κ3) is 3.50. The van der Waals surface area contributed by atoms with Crippen LogP contribution in [-0.4, -0.2) is 31.3 Å². The summed E-state index contributed by atoms with van der Waals surface area (Å²) in [7, 11) is 1.79. The van der Waals surface area contributed by atoms with E-state index in [1.165, 1.54) is 11.8 Å². The number of imidazole rings is 1. The Morgan fingerprint density at radius 1 is 1.55 bits per heavy atom. The van der Waals surface area contributed by atoms with E-state index in [0.29, 0.717) is 16.5 Å². The van der Waals surface area contributed by atoms with Crippen LogP contribution in [0.4, 0.5) is 5.69 Å². The fourth-order valence-electron chi connectivity index (χ4n) is 1.50. The summed E-state index contributed by atoms with van der Waals surface area (Å²) >= 11 is 7.14. The monoisotopic (exact) mass is 312 g/mol. The average Bonchev–Trinajstić information content (AvgIpc) is 2.79. The molecule has 2 heterocycles. The Morgan fingerprint density at radius 3 is 3.00 bits per heavy atom. The van der Waals surface area contributed by atoms with Gasteiger partial charge in [-0.15, -0.1) is 0 Å². The maximum Gasteiger partial charge on any atom is 0.234 e. The van der Waals surface area contributed by atoms with E-state index in [2.05, 4.69) is 15.3 Å². The summed E-state index contributed by atoms with van der Waals surface area (Å²) in [6.45, 7) is -0.0818. The molecule has 2 N–H and O–H groups in total. The first-order valence-corrected chi connectivity index (χ1v) is 7.12. The molecular formula is C12H13ClN4O2S. The van der Waals surface area contributed by atoms with Crippen molar-refractivity contribution >= 4 is 35.0 Å². The second kappa shape index (κ2) is 6.74. The molecule has 0 saturated heterocycles. The van der Waals surface area contributed by atoms with Crippen molar-refractivity contribution in [3.63, 3.8) is 0 Å². The van der Waals surface area contributed by atoms with Crippen LogP contribution >= 0.6 is 23.4 Å². The van der Waals surface area contributed by atoms with Gasteiger partial charge in [0.05, 0.1) is 29.9 Å². The number of rotatable bonds is 5. The third-order valence-electron chi connectivity index (χ3n) is 2.57. The first-order chi connectivity index (χ1) is 9.61. The molecule has 106 valence electrons. The number of carbonyl (C=O) groups excluding carboxylic acids is 1. The molecule has 6 nitrogen and oxygen atoms in total. The Morgan fingerprint density at radius 2 is 2.35 bits per heavy atom. The number of hydrogen-bond donors (Lipinski definition) is 2. The van der Waals surface area contributed by atoms with Crippen LogP contribution in [0.15, 0.2) is 29.7 Å². The molecule has 0 unspecified atom stereocenters. The number of amides is 1. The van der Waals surface area contributed by atoms with Crippen LogP contribution in [0, 0.1) is 0 Å². The molecule has 0 spiro atoms.